The van der Waals surface area contributed by atoms with Crippen molar-refractivity contribution in [2.75, 3.05) is 16.8 Å². The third-order valence-electron chi connectivity index (χ3n) is 3.33. The van der Waals surface area contributed by atoms with Gasteiger partial charge in [-0.05, 0) is 24.3 Å². The van der Waals surface area contributed by atoms with Crippen LogP contribution >= 0.6 is 0 Å². The SMILES string of the molecule is CC(=O)N1c2ccccc2N(C)C(=O)c2cccnc21. The highest BCUT2D eigenvalue weighted by molar-refractivity contribution is 6.17. The molecule has 0 saturated heterocycles. The van der Waals surface area contributed by atoms with Gasteiger partial charge in [-0.1, -0.05) is 12.1 Å². The Hall–Kier alpha value is -2.69. The van der Waals surface area contributed by atoms with E-state index in [1.165, 1.54) is 11.8 Å². The van der Waals surface area contributed by atoms with E-state index in [0.29, 0.717) is 22.8 Å². The molecule has 1 aromatic heterocycles. The normalized spacial score (nSPS) is 13.6. The molecule has 0 fully saturated rings. The number of anilines is 3. The summed E-state index contributed by atoms with van der Waals surface area (Å²) < 4.78 is 0. The van der Waals surface area contributed by atoms with Gasteiger partial charge in [0, 0.05) is 20.2 Å². The molecule has 5 heteroatoms. The summed E-state index contributed by atoms with van der Waals surface area (Å²) in [6.07, 6.45) is 1.58. The lowest BCUT2D eigenvalue weighted by molar-refractivity contribution is -0.115. The molecule has 2 amide bonds. The van der Waals surface area contributed by atoms with Crippen LogP contribution in [-0.2, 0) is 4.79 Å². The molecular formula is C15H13N3O2. The van der Waals surface area contributed by atoms with Crippen LogP contribution in [-0.4, -0.2) is 23.8 Å². The van der Waals surface area contributed by atoms with Crippen molar-refractivity contribution in [3.8, 4) is 0 Å². The maximum atomic E-state index is 12.5. The van der Waals surface area contributed by atoms with Gasteiger partial charge < -0.3 is 4.90 Å². The highest BCUT2D eigenvalue weighted by Crippen LogP contribution is 2.38. The Balaban J connectivity index is 2.36. The van der Waals surface area contributed by atoms with E-state index in [1.54, 1.807) is 30.3 Å². The number of fused-ring (bicyclic) bond motifs is 2. The number of carbonyl (C=O) groups is 2. The minimum atomic E-state index is -0.180. The van der Waals surface area contributed by atoms with E-state index < -0.39 is 0 Å². The van der Waals surface area contributed by atoms with Gasteiger partial charge in [-0.25, -0.2) is 4.98 Å². The molecule has 0 atom stereocenters. The number of rotatable bonds is 0. The molecule has 0 radical (unpaired) electrons. The minimum Gasteiger partial charge on any atom is -0.309 e. The van der Waals surface area contributed by atoms with Crippen molar-refractivity contribution in [1.29, 1.82) is 0 Å². The molecule has 1 aliphatic heterocycles. The fourth-order valence-corrected chi connectivity index (χ4v) is 2.40. The molecule has 0 saturated carbocycles. The third kappa shape index (κ3) is 1.67. The van der Waals surface area contributed by atoms with Crippen molar-refractivity contribution in [1.82, 2.24) is 4.98 Å². The van der Waals surface area contributed by atoms with E-state index >= 15 is 0 Å². The first-order valence-corrected chi connectivity index (χ1v) is 6.24. The molecule has 2 heterocycles. The number of hydrogen-bond donors (Lipinski definition) is 0. The van der Waals surface area contributed by atoms with E-state index in [4.69, 9.17) is 0 Å². The topological polar surface area (TPSA) is 53.5 Å². The molecule has 100 valence electrons. The number of aromatic nitrogens is 1. The summed E-state index contributed by atoms with van der Waals surface area (Å²) in [5, 5.41) is 0. The van der Waals surface area contributed by atoms with Gasteiger partial charge in [0.1, 0.15) is 0 Å². The summed E-state index contributed by atoms with van der Waals surface area (Å²) in [5.41, 5.74) is 1.76. The second-order valence-corrected chi connectivity index (χ2v) is 4.58. The Bertz CT molecular complexity index is 712. The standard InChI is InChI=1S/C15H13N3O2/c1-10(19)18-13-8-4-3-7-12(13)17(2)15(20)11-6-5-9-16-14(11)18/h3-9H,1-2H3. The molecule has 20 heavy (non-hydrogen) atoms. The highest BCUT2D eigenvalue weighted by Gasteiger charge is 2.31. The third-order valence-corrected chi connectivity index (χ3v) is 3.33. The number of nitrogens with zero attached hydrogens (tertiary/aromatic N) is 3. The predicted molar refractivity (Wildman–Crippen MR) is 76.2 cm³/mol. The second kappa shape index (κ2) is 4.45. The highest BCUT2D eigenvalue weighted by atomic mass is 16.2. The van der Waals surface area contributed by atoms with Crippen LogP contribution in [0.4, 0.5) is 17.2 Å². The Labute approximate surface area is 116 Å². The van der Waals surface area contributed by atoms with Crippen LogP contribution < -0.4 is 9.80 Å². The molecule has 0 spiro atoms. The zero-order chi connectivity index (χ0) is 14.3. The molecule has 0 N–H and O–H groups in total. The predicted octanol–water partition coefficient (Wildman–Crippen LogP) is 2.36. The van der Waals surface area contributed by atoms with E-state index in [9.17, 15) is 9.59 Å². The monoisotopic (exact) mass is 267 g/mol. The molecule has 0 unspecified atom stereocenters. The van der Waals surface area contributed by atoms with Crippen LogP contribution in [0.1, 0.15) is 17.3 Å². The maximum Gasteiger partial charge on any atom is 0.261 e. The van der Waals surface area contributed by atoms with E-state index in [1.807, 2.05) is 24.3 Å². The van der Waals surface area contributed by atoms with Crippen molar-refractivity contribution in [2.45, 2.75) is 6.92 Å². The van der Waals surface area contributed by atoms with Crippen LogP contribution in [0.25, 0.3) is 0 Å². The fourth-order valence-electron chi connectivity index (χ4n) is 2.40. The summed E-state index contributed by atoms with van der Waals surface area (Å²) in [5.74, 6) is 0.0200. The number of carbonyl (C=O) groups excluding carboxylic acids is 2. The summed E-state index contributed by atoms with van der Waals surface area (Å²) in [6, 6.07) is 10.7. The molecular weight excluding hydrogens is 254 g/mol. The molecule has 5 nitrogen and oxygen atoms in total. The lowest BCUT2D eigenvalue weighted by atomic mass is 10.2. The van der Waals surface area contributed by atoms with Gasteiger partial charge in [-0.15, -0.1) is 0 Å². The van der Waals surface area contributed by atoms with Gasteiger partial charge in [0.25, 0.3) is 5.91 Å². The molecule has 1 aliphatic rings. The second-order valence-electron chi connectivity index (χ2n) is 4.58. The lowest BCUT2D eigenvalue weighted by Gasteiger charge is -2.22. The average molecular weight is 267 g/mol. The Morgan fingerprint density at radius 1 is 1.10 bits per heavy atom. The zero-order valence-corrected chi connectivity index (χ0v) is 11.2. The first-order chi connectivity index (χ1) is 9.61. The lowest BCUT2D eigenvalue weighted by Crippen LogP contribution is -2.25. The van der Waals surface area contributed by atoms with Gasteiger partial charge in [-0.2, -0.15) is 0 Å². The number of amides is 2. The zero-order valence-electron chi connectivity index (χ0n) is 11.2. The minimum absolute atomic E-state index is 0.177. The van der Waals surface area contributed by atoms with Gasteiger partial charge in [0.2, 0.25) is 5.91 Å². The van der Waals surface area contributed by atoms with Gasteiger partial charge in [0.15, 0.2) is 5.82 Å². The average Bonchev–Trinajstić information content (AvgIpc) is 2.55. The molecule has 2 aromatic rings. The fraction of sp³-hybridized carbons (Fsp3) is 0.133. The number of hydrogen-bond acceptors (Lipinski definition) is 3. The summed E-state index contributed by atoms with van der Waals surface area (Å²) >= 11 is 0. The summed E-state index contributed by atoms with van der Waals surface area (Å²) in [6.45, 7) is 1.46. The summed E-state index contributed by atoms with van der Waals surface area (Å²) in [7, 11) is 1.70. The van der Waals surface area contributed by atoms with Crippen molar-refractivity contribution < 1.29 is 9.59 Å². The number of pyridine rings is 1. The van der Waals surface area contributed by atoms with Gasteiger partial charge in [-0.3, -0.25) is 14.5 Å². The maximum absolute atomic E-state index is 12.5. The first kappa shape index (κ1) is 12.3. The van der Waals surface area contributed by atoms with Crippen molar-refractivity contribution in [2.24, 2.45) is 0 Å². The molecule has 0 bridgehead atoms. The van der Waals surface area contributed by atoms with Crippen molar-refractivity contribution >= 4 is 29.0 Å². The first-order valence-electron chi connectivity index (χ1n) is 6.24. The van der Waals surface area contributed by atoms with E-state index in [2.05, 4.69) is 4.98 Å². The van der Waals surface area contributed by atoms with Crippen molar-refractivity contribution in [3.05, 3.63) is 48.2 Å². The van der Waals surface area contributed by atoms with Crippen LogP contribution in [0.5, 0.6) is 0 Å². The van der Waals surface area contributed by atoms with Crippen LogP contribution in [0, 0.1) is 0 Å². The largest absolute Gasteiger partial charge is 0.309 e. The summed E-state index contributed by atoms with van der Waals surface area (Å²) in [4.78, 5) is 31.8. The Kier molecular flexibility index (Phi) is 2.75. The quantitative estimate of drug-likeness (QED) is 0.736. The van der Waals surface area contributed by atoms with Gasteiger partial charge in [0.05, 0.1) is 16.9 Å². The number of para-hydroxylation sites is 2. The van der Waals surface area contributed by atoms with Crippen LogP contribution in [0.3, 0.4) is 0 Å². The molecule has 3 rings (SSSR count). The number of benzene rings is 1. The van der Waals surface area contributed by atoms with E-state index in [-0.39, 0.29) is 11.8 Å². The Morgan fingerprint density at radius 2 is 1.80 bits per heavy atom. The molecule has 1 aromatic carbocycles. The Morgan fingerprint density at radius 3 is 2.50 bits per heavy atom. The van der Waals surface area contributed by atoms with E-state index in [0.717, 1.165) is 0 Å². The molecule has 0 aliphatic carbocycles. The van der Waals surface area contributed by atoms with Gasteiger partial charge >= 0.3 is 0 Å². The smallest absolute Gasteiger partial charge is 0.261 e. The van der Waals surface area contributed by atoms with Crippen molar-refractivity contribution in [3.63, 3.8) is 0 Å². The van der Waals surface area contributed by atoms with Crippen LogP contribution in [0.2, 0.25) is 0 Å². The van der Waals surface area contributed by atoms with Crippen LogP contribution in [0.15, 0.2) is 42.6 Å².